The van der Waals surface area contributed by atoms with Gasteiger partial charge in [0, 0.05) is 13.5 Å². The number of hydrogen-bond acceptors (Lipinski definition) is 2. The van der Waals surface area contributed by atoms with Crippen LogP contribution in [0.2, 0.25) is 0 Å². The minimum absolute atomic E-state index is 0.0322. The molecule has 0 radical (unpaired) electrons. The van der Waals surface area contributed by atoms with Gasteiger partial charge in [-0.05, 0) is 24.5 Å². The van der Waals surface area contributed by atoms with Gasteiger partial charge in [0.05, 0.1) is 6.54 Å². The van der Waals surface area contributed by atoms with Gasteiger partial charge in [0.1, 0.15) is 11.5 Å². The SMILES string of the molecule is Cc1ccc(CN(C)C(=O)CC(C)(C)C)o1. The molecule has 0 aromatic carbocycles. The first-order chi connectivity index (χ1) is 7.28. The lowest BCUT2D eigenvalue weighted by atomic mass is 9.92. The molecule has 0 saturated carbocycles. The third-order valence-electron chi connectivity index (χ3n) is 2.30. The van der Waals surface area contributed by atoms with Crippen molar-refractivity contribution in [1.82, 2.24) is 4.90 Å². The van der Waals surface area contributed by atoms with Crippen molar-refractivity contribution in [3.8, 4) is 0 Å². The van der Waals surface area contributed by atoms with Crippen molar-refractivity contribution >= 4 is 5.91 Å². The smallest absolute Gasteiger partial charge is 0.223 e. The minimum Gasteiger partial charge on any atom is -0.464 e. The molecular formula is C13H21NO2. The fourth-order valence-electron chi connectivity index (χ4n) is 1.48. The number of aryl methyl sites for hydroxylation is 1. The molecule has 0 atom stereocenters. The topological polar surface area (TPSA) is 33.5 Å². The zero-order chi connectivity index (χ0) is 12.3. The van der Waals surface area contributed by atoms with E-state index >= 15 is 0 Å². The second kappa shape index (κ2) is 4.73. The molecule has 16 heavy (non-hydrogen) atoms. The maximum Gasteiger partial charge on any atom is 0.223 e. The van der Waals surface area contributed by atoms with Gasteiger partial charge in [0.15, 0.2) is 0 Å². The minimum atomic E-state index is 0.0322. The van der Waals surface area contributed by atoms with Crippen molar-refractivity contribution in [3.63, 3.8) is 0 Å². The van der Waals surface area contributed by atoms with E-state index in [1.54, 1.807) is 4.90 Å². The van der Waals surface area contributed by atoms with Gasteiger partial charge in [0.2, 0.25) is 5.91 Å². The van der Waals surface area contributed by atoms with Gasteiger partial charge in [-0.1, -0.05) is 20.8 Å². The highest BCUT2D eigenvalue weighted by molar-refractivity contribution is 5.76. The highest BCUT2D eigenvalue weighted by Crippen LogP contribution is 2.20. The molecule has 0 unspecified atom stereocenters. The lowest BCUT2D eigenvalue weighted by Crippen LogP contribution is -2.29. The quantitative estimate of drug-likeness (QED) is 0.789. The van der Waals surface area contributed by atoms with Crippen molar-refractivity contribution < 1.29 is 9.21 Å². The third kappa shape index (κ3) is 4.09. The Morgan fingerprint density at radius 3 is 2.44 bits per heavy atom. The molecule has 90 valence electrons. The molecule has 0 aliphatic carbocycles. The predicted molar refractivity (Wildman–Crippen MR) is 64.0 cm³/mol. The van der Waals surface area contributed by atoms with Gasteiger partial charge in [-0.15, -0.1) is 0 Å². The van der Waals surface area contributed by atoms with Gasteiger partial charge >= 0.3 is 0 Å². The van der Waals surface area contributed by atoms with E-state index in [2.05, 4.69) is 20.8 Å². The van der Waals surface area contributed by atoms with Crippen LogP contribution in [0.3, 0.4) is 0 Å². The maximum atomic E-state index is 11.9. The lowest BCUT2D eigenvalue weighted by Gasteiger charge is -2.22. The molecule has 3 nitrogen and oxygen atoms in total. The molecule has 1 aromatic rings. The molecule has 0 fully saturated rings. The van der Waals surface area contributed by atoms with Gasteiger partial charge < -0.3 is 9.32 Å². The first kappa shape index (κ1) is 12.8. The standard InChI is InChI=1S/C13H21NO2/c1-10-6-7-11(16-10)9-14(5)12(15)8-13(2,3)4/h6-7H,8-9H2,1-5H3. The molecule has 0 bridgehead atoms. The molecular weight excluding hydrogens is 202 g/mol. The number of rotatable bonds is 3. The van der Waals surface area contributed by atoms with Crippen LogP contribution in [0, 0.1) is 12.3 Å². The average Bonchev–Trinajstić information content (AvgIpc) is 2.48. The van der Waals surface area contributed by atoms with Gasteiger partial charge in [-0.25, -0.2) is 0 Å². The van der Waals surface area contributed by atoms with Crippen molar-refractivity contribution in [2.24, 2.45) is 5.41 Å². The number of carbonyl (C=O) groups excluding carboxylic acids is 1. The fraction of sp³-hybridized carbons (Fsp3) is 0.615. The summed E-state index contributed by atoms with van der Waals surface area (Å²) < 4.78 is 5.44. The number of nitrogens with zero attached hydrogens (tertiary/aromatic N) is 1. The summed E-state index contributed by atoms with van der Waals surface area (Å²) in [4.78, 5) is 13.6. The maximum absolute atomic E-state index is 11.9. The first-order valence-electron chi connectivity index (χ1n) is 5.57. The normalized spacial score (nSPS) is 11.6. The van der Waals surface area contributed by atoms with Gasteiger partial charge in [-0.3, -0.25) is 4.79 Å². The zero-order valence-corrected chi connectivity index (χ0v) is 10.8. The lowest BCUT2D eigenvalue weighted by molar-refractivity contribution is -0.132. The Kier molecular flexibility index (Phi) is 3.79. The molecule has 3 heteroatoms. The van der Waals surface area contributed by atoms with Crippen molar-refractivity contribution in [2.75, 3.05) is 7.05 Å². The largest absolute Gasteiger partial charge is 0.464 e. The molecule has 0 spiro atoms. The number of amides is 1. The number of carbonyl (C=O) groups is 1. The van der Waals surface area contributed by atoms with Crippen LogP contribution in [0.15, 0.2) is 16.5 Å². The third-order valence-corrected chi connectivity index (χ3v) is 2.30. The van der Waals surface area contributed by atoms with E-state index in [0.29, 0.717) is 13.0 Å². The molecule has 0 aliphatic rings. The average molecular weight is 223 g/mol. The number of hydrogen-bond donors (Lipinski definition) is 0. The van der Waals surface area contributed by atoms with Gasteiger partial charge in [0.25, 0.3) is 0 Å². The zero-order valence-electron chi connectivity index (χ0n) is 10.8. The van der Waals surface area contributed by atoms with Crippen molar-refractivity contribution in [1.29, 1.82) is 0 Å². The Bertz CT molecular complexity index is 360. The van der Waals surface area contributed by atoms with E-state index in [9.17, 15) is 4.79 Å². The molecule has 0 N–H and O–H groups in total. The second-order valence-electron chi connectivity index (χ2n) is 5.50. The molecule has 1 heterocycles. The summed E-state index contributed by atoms with van der Waals surface area (Å²) in [5, 5.41) is 0. The summed E-state index contributed by atoms with van der Waals surface area (Å²) in [7, 11) is 1.81. The summed E-state index contributed by atoms with van der Waals surface area (Å²) >= 11 is 0. The van der Waals surface area contributed by atoms with E-state index in [4.69, 9.17) is 4.42 Å². The van der Waals surface area contributed by atoms with E-state index in [1.807, 2.05) is 26.1 Å². The van der Waals surface area contributed by atoms with E-state index in [-0.39, 0.29) is 11.3 Å². The van der Waals surface area contributed by atoms with Crippen LogP contribution >= 0.6 is 0 Å². The second-order valence-corrected chi connectivity index (χ2v) is 5.50. The Labute approximate surface area is 97.4 Å². The summed E-state index contributed by atoms with van der Waals surface area (Å²) in [5.41, 5.74) is 0.0322. The number of furan rings is 1. The molecule has 1 aromatic heterocycles. The molecule has 0 saturated heterocycles. The van der Waals surface area contributed by atoms with Crippen LogP contribution in [-0.4, -0.2) is 17.9 Å². The van der Waals surface area contributed by atoms with E-state index < -0.39 is 0 Å². The summed E-state index contributed by atoms with van der Waals surface area (Å²) in [6, 6.07) is 3.83. The van der Waals surface area contributed by atoms with Crippen LogP contribution in [0.4, 0.5) is 0 Å². The first-order valence-corrected chi connectivity index (χ1v) is 5.57. The van der Waals surface area contributed by atoms with Crippen LogP contribution < -0.4 is 0 Å². The van der Waals surface area contributed by atoms with Crippen LogP contribution in [0.5, 0.6) is 0 Å². The van der Waals surface area contributed by atoms with E-state index in [0.717, 1.165) is 11.5 Å². The summed E-state index contributed by atoms with van der Waals surface area (Å²) in [6.45, 7) is 8.64. The molecule has 1 amide bonds. The summed E-state index contributed by atoms with van der Waals surface area (Å²) in [5.74, 6) is 1.87. The Hall–Kier alpha value is -1.25. The molecule has 0 aliphatic heterocycles. The Balaban J connectivity index is 2.52. The molecule has 1 rings (SSSR count). The highest BCUT2D eigenvalue weighted by Gasteiger charge is 2.19. The summed E-state index contributed by atoms with van der Waals surface area (Å²) in [6.07, 6.45) is 0.559. The van der Waals surface area contributed by atoms with Crippen molar-refractivity contribution in [2.45, 2.75) is 40.7 Å². The van der Waals surface area contributed by atoms with Crippen LogP contribution in [0.1, 0.15) is 38.7 Å². The van der Waals surface area contributed by atoms with Gasteiger partial charge in [-0.2, -0.15) is 0 Å². The monoisotopic (exact) mass is 223 g/mol. The Morgan fingerprint density at radius 1 is 1.38 bits per heavy atom. The van der Waals surface area contributed by atoms with E-state index in [1.165, 1.54) is 0 Å². The Morgan fingerprint density at radius 2 is 2.00 bits per heavy atom. The van der Waals surface area contributed by atoms with Crippen LogP contribution in [-0.2, 0) is 11.3 Å². The highest BCUT2D eigenvalue weighted by atomic mass is 16.3. The predicted octanol–water partition coefficient (Wildman–Crippen LogP) is 2.98. The van der Waals surface area contributed by atoms with Crippen LogP contribution in [0.25, 0.3) is 0 Å². The fourth-order valence-corrected chi connectivity index (χ4v) is 1.48. The van der Waals surface area contributed by atoms with Crippen molar-refractivity contribution in [3.05, 3.63) is 23.7 Å².